The zero-order chi connectivity index (χ0) is 13.8. The molecule has 0 aliphatic rings. The van der Waals surface area contributed by atoms with E-state index >= 15 is 0 Å². The van der Waals surface area contributed by atoms with Crippen molar-refractivity contribution in [1.29, 1.82) is 0 Å². The van der Waals surface area contributed by atoms with E-state index in [2.05, 4.69) is 53.1 Å². The van der Waals surface area contributed by atoms with Gasteiger partial charge in [-0.15, -0.1) is 0 Å². The summed E-state index contributed by atoms with van der Waals surface area (Å²) in [5.74, 6) is 5.73. The lowest BCUT2D eigenvalue weighted by Crippen LogP contribution is -2.30. The van der Waals surface area contributed by atoms with Crippen LogP contribution in [0.4, 0.5) is 0 Å². The topological polar surface area (TPSA) is 38.0 Å². The minimum atomic E-state index is 0.0618. The molecular formula is C15H16ClIN2. The van der Waals surface area contributed by atoms with Crippen molar-refractivity contribution in [2.24, 2.45) is 5.84 Å². The Labute approximate surface area is 132 Å². The number of aryl methyl sites for hydroxylation is 1. The minimum absolute atomic E-state index is 0.0618. The molecule has 4 heteroatoms. The smallest absolute Gasteiger partial charge is 0.0511 e. The Hall–Kier alpha value is -0.620. The van der Waals surface area contributed by atoms with Crippen LogP contribution in [0.25, 0.3) is 0 Å². The van der Waals surface area contributed by atoms with E-state index in [1.54, 1.807) is 0 Å². The summed E-state index contributed by atoms with van der Waals surface area (Å²) in [6.07, 6.45) is 0.773. The molecule has 0 aliphatic carbocycles. The summed E-state index contributed by atoms with van der Waals surface area (Å²) in [6, 6.07) is 14.2. The fraction of sp³-hybridized carbons (Fsp3) is 0.200. The van der Waals surface area contributed by atoms with E-state index in [4.69, 9.17) is 17.4 Å². The average molecular weight is 387 g/mol. The number of benzene rings is 2. The van der Waals surface area contributed by atoms with E-state index in [0.29, 0.717) is 0 Å². The molecule has 0 aliphatic heterocycles. The molecule has 0 saturated carbocycles. The highest BCUT2D eigenvalue weighted by molar-refractivity contribution is 14.1. The Morgan fingerprint density at radius 3 is 2.63 bits per heavy atom. The van der Waals surface area contributed by atoms with Crippen LogP contribution in [-0.2, 0) is 6.42 Å². The molecule has 0 bridgehead atoms. The van der Waals surface area contributed by atoms with Gasteiger partial charge in [0.2, 0.25) is 0 Å². The molecule has 2 aromatic carbocycles. The third kappa shape index (κ3) is 3.48. The maximum atomic E-state index is 6.21. The van der Waals surface area contributed by atoms with E-state index in [9.17, 15) is 0 Å². The van der Waals surface area contributed by atoms with Crippen LogP contribution in [0.3, 0.4) is 0 Å². The second kappa shape index (κ2) is 6.70. The van der Waals surface area contributed by atoms with Gasteiger partial charge in [-0.25, -0.2) is 0 Å². The quantitative estimate of drug-likeness (QED) is 0.473. The van der Waals surface area contributed by atoms with Crippen molar-refractivity contribution in [3.8, 4) is 0 Å². The Morgan fingerprint density at radius 2 is 1.95 bits per heavy atom. The first-order valence-electron chi connectivity index (χ1n) is 6.08. The predicted octanol–water partition coefficient (Wildman–Crippen LogP) is 4.00. The van der Waals surface area contributed by atoms with Crippen molar-refractivity contribution >= 4 is 34.2 Å². The normalized spacial score (nSPS) is 12.4. The van der Waals surface area contributed by atoms with Crippen LogP contribution < -0.4 is 11.3 Å². The van der Waals surface area contributed by atoms with Crippen LogP contribution in [-0.4, -0.2) is 0 Å². The maximum Gasteiger partial charge on any atom is 0.0511 e. The van der Waals surface area contributed by atoms with Gasteiger partial charge in [-0.3, -0.25) is 11.3 Å². The van der Waals surface area contributed by atoms with Gasteiger partial charge in [-0.05, 0) is 58.7 Å². The molecule has 2 aromatic rings. The Kier molecular flexibility index (Phi) is 5.21. The van der Waals surface area contributed by atoms with Gasteiger partial charge < -0.3 is 0 Å². The van der Waals surface area contributed by atoms with Gasteiger partial charge in [-0.1, -0.05) is 48.0 Å². The monoisotopic (exact) mass is 386 g/mol. The number of nitrogens with two attached hydrogens (primary N) is 1. The summed E-state index contributed by atoms with van der Waals surface area (Å²) in [5.41, 5.74) is 6.47. The van der Waals surface area contributed by atoms with Gasteiger partial charge in [0.05, 0.1) is 6.04 Å². The van der Waals surface area contributed by atoms with Crippen LogP contribution in [0.5, 0.6) is 0 Å². The molecular weight excluding hydrogens is 371 g/mol. The molecule has 1 unspecified atom stereocenters. The number of halogens is 2. The lowest BCUT2D eigenvalue weighted by atomic mass is 9.98. The Morgan fingerprint density at radius 1 is 1.21 bits per heavy atom. The van der Waals surface area contributed by atoms with Gasteiger partial charge in [0.15, 0.2) is 0 Å². The number of hydrazine groups is 1. The van der Waals surface area contributed by atoms with Crippen molar-refractivity contribution in [3.05, 3.63) is 67.7 Å². The van der Waals surface area contributed by atoms with Gasteiger partial charge in [0.1, 0.15) is 0 Å². The van der Waals surface area contributed by atoms with Crippen molar-refractivity contribution < 1.29 is 0 Å². The van der Waals surface area contributed by atoms with Crippen LogP contribution in [0.1, 0.15) is 22.7 Å². The molecule has 0 spiro atoms. The fourth-order valence-electron chi connectivity index (χ4n) is 2.08. The number of rotatable bonds is 4. The van der Waals surface area contributed by atoms with Crippen molar-refractivity contribution in [2.45, 2.75) is 19.4 Å². The Bertz CT molecular complexity index is 572. The molecule has 0 aromatic heterocycles. The van der Waals surface area contributed by atoms with Crippen molar-refractivity contribution in [3.63, 3.8) is 0 Å². The van der Waals surface area contributed by atoms with Gasteiger partial charge in [0, 0.05) is 8.59 Å². The van der Waals surface area contributed by atoms with Crippen LogP contribution in [0.2, 0.25) is 5.02 Å². The first-order valence-corrected chi connectivity index (χ1v) is 7.53. The molecule has 1 atom stereocenters. The SMILES string of the molecule is Cc1cccc(C(Cc2ccccc2Cl)NN)c1I. The van der Waals surface area contributed by atoms with E-state index in [-0.39, 0.29) is 6.04 Å². The molecule has 2 nitrogen and oxygen atoms in total. The average Bonchev–Trinajstić information content (AvgIpc) is 2.41. The van der Waals surface area contributed by atoms with Crippen LogP contribution in [0, 0.1) is 10.5 Å². The molecule has 0 heterocycles. The predicted molar refractivity (Wildman–Crippen MR) is 89.1 cm³/mol. The van der Waals surface area contributed by atoms with Crippen molar-refractivity contribution in [1.82, 2.24) is 5.43 Å². The lowest BCUT2D eigenvalue weighted by molar-refractivity contribution is 0.549. The van der Waals surface area contributed by atoms with Gasteiger partial charge in [0.25, 0.3) is 0 Å². The highest BCUT2D eigenvalue weighted by Gasteiger charge is 2.15. The summed E-state index contributed by atoms with van der Waals surface area (Å²) in [4.78, 5) is 0. The summed E-state index contributed by atoms with van der Waals surface area (Å²) in [5, 5.41) is 0.783. The fourth-order valence-corrected chi connectivity index (χ4v) is 3.03. The van der Waals surface area contributed by atoms with Crippen LogP contribution in [0.15, 0.2) is 42.5 Å². The van der Waals surface area contributed by atoms with E-state index in [1.807, 2.05) is 24.3 Å². The van der Waals surface area contributed by atoms with Crippen molar-refractivity contribution in [2.75, 3.05) is 0 Å². The highest BCUT2D eigenvalue weighted by atomic mass is 127. The third-order valence-electron chi connectivity index (χ3n) is 3.18. The maximum absolute atomic E-state index is 6.21. The highest BCUT2D eigenvalue weighted by Crippen LogP contribution is 2.27. The first kappa shape index (κ1) is 14.8. The lowest BCUT2D eigenvalue weighted by Gasteiger charge is -2.19. The summed E-state index contributed by atoms with van der Waals surface area (Å²) < 4.78 is 1.25. The van der Waals surface area contributed by atoms with E-state index < -0.39 is 0 Å². The molecule has 0 radical (unpaired) electrons. The van der Waals surface area contributed by atoms with Gasteiger partial charge in [-0.2, -0.15) is 0 Å². The first-order chi connectivity index (χ1) is 9.13. The van der Waals surface area contributed by atoms with Gasteiger partial charge >= 0.3 is 0 Å². The zero-order valence-corrected chi connectivity index (χ0v) is 13.6. The molecule has 0 fully saturated rings. The zero-order valence-electron chi connectivity index (χ0n) is 10.7. The number of nitrogens with one attached hydrogen (secondary N) is 1. The minimum Gasteiger partial charge on any atom is -0.271 e. The summed E-state index contributed by atoms with van der Waals surface area (Å²) in [6.45, 7) is 2.11. The van der Waals surface area contributed by atoms with E-state index in [0.717, 1.165) is 17.0 Å². The molecule has 0 saturated heterocycles. The summed E-state index contributed by atoms with van der Waals surface area (Å²) in [7, 11) is 0. The molecule has 0 amide bonds. The largest absolute Gasteiger partial charge is 0.271 e. The molecule has 19 heavy (non-hydrogen) atoms. The number of hydrogen-bond donors (Lipinski definition) is 2. The molecule has 100 valence electrons. The second-order valence-corrected chi connectivity index (χ2v) is 5.98. The summed E-state index contributed by atoms with van der Waals surface area (Å²) >= 11 is 8.58. The third-order valence-corrected chi connectivity index (χ3v) is 5.02. The number of hydrogen-bond acceptors (Lipinski definition) is 2. The van der Waals surface area contributed by atoms with E-state index in [1.165, 1.54) is 14.7 Å². The standard InChI is InChI=1S/C15H16ClIN2/c1-10-5-4-7-12(15(10)17)14(19-18)9-11-6-2-3-8-13(11)16/h2-8,14,19H,9,18H2,1H3. The van der Waals surface area contributed by atoms with Crippen LogP contribution >= 0.6 is 34.2 Å². The molecule has 3 N–H and O–H groups in total. The second-order valence-electron chi connectivity index (χ2n) is 4.49. The molecule has 2 rings (SSSR count). The Balaban J connectivity index is 2.31.